The maximum Gasteiger partial charge on any atom is 0.164 e. The molecule has 0 aliphatic rings. The van der Waals surface area contributed by atoms with Gasteiger partial charge in [-0.3, -0.25) is 0 Å². The molecule has 0 saturated carbocycles. The fourth-order valence-electron chi connectivity index (χ4n) is 1.41. The van der Waals surface area contributed by atoms with E-state index in [1.807, 2.05) is 32.0 Å². The van der Waals surface area contributed by atoms with Gasteiger partial charge in [-0.2, -0.15) is 0 Å². The third-order valence-corrected chi connectivity index (χ3v) is 2.04. The van der Waals surface area contributed by atoms with Crippen molar-refractivity contribution < 1.29 is 9.47 Å². The van der Waals surface area contributed by atoms with Gasteiger partial charge in [0.15, 0.2) is 11.5 Å². The molecule has 77 valence electrons. The number of ether oxygens (including phenoxy) is 2. The Morgan fingerprint density at radius 1 is 1.43 bits per heavy atom. The molecule has 2 heteroatoms. The molecular weight excluding hydrogens is 176 g/mol. The molecule has 1 atom stereocenters. The molecule has 0 aliphatic heterocycles. The summed E-state index contributed by atoms with van der Waals surface area (Å²) >= 11 is 0. The van der Waals surface area contributed by atoms with Gasteiger partial charge in [0.05, 0.1) is 13.7 Å². The minimum Gasteiger partial charge on any atom is -0.493 e. The number of benzene rings is 1. The van der Waals surface area contributed by atoms with Crippen LogP contribution in [0.15, 0.2) is 18.2 Å². The maximum absolute atomic E-state index is 5.47. The van der Waals surface area contributed by atoms with Crippen LogP contribution in [0.2, 0.25) is 0 Å². The van der Waals surface area contributed by atoms with Crippen LogP contribution in [0.3, 0.4) is 0 Å². The van der Waals surface area contributed by atoms with E-state index in [1.54, 1.807) is 7.11 Å². The van der Waals surface area contributed by atoms with E-state index in [2.05, 4.69) is 6.92 Å². The summed E-state index contributed by atoms with van der Waals surface area (Å²) in [6.07, 6.45) is 0. The third-order valence-electron chi connectivity index (χ3n) is 2.04. The van der Waals surface area contributed by atoms with Gasteiger partial charge in [-0.1, -0.05) is 19.1 Å². The van der Waals surface area contributed by atoms with Gasteiger partial charge in [-0.25, -0.2) is 0 Å². The van der Waals surface area contributed by atoms with Crippen LogP contribution in [0.25, 0.3) is 0 Å². The van der Waals surface area contributed by atoms with Crippen molar-refractivity contribution in [3.05, 3.63) is 30.7 Å². The quantitative estimate of drug-likeness (QED) is 0.731. The Bertz CT molecular complexity index is 292. The fourth-order valence-corrected chi connectivity index (χ4v) is 1.41. The van der Waals surface area contributed by atoms with Crippen LogP contribution < -0.4 is 9.47 Å². The van der Waals surface area contributed by atoms with Crippen LogP contribution in [-0.4, -0.2) is 13.7 Å². The van der Waals surface area contributed by atoms with E-state index in [0.717, 1.165) is 17.1 Å². The largest absolute Gasteiger partial charge is 0.493 e. The molecule has 0 spiro atoms. The van der Waals surface area contributed by atoms with Gasteiger partial charge in [0, 0.05) is 5.56 Å². The average molecular weight is 193 g/mol. The molecule has 2 nitrogen and oxygen atoms in total. The van der Waals surface area contributed by atoms with Crippen molar-refractivity contribution in [1.29, 1.82) is 0 Å². The van der Waals surface area contributed by atoms with Crippen molar-refractivity contribution >= 4 is 0 Å². The second-order valence-corrected chi connectivity index (χ2v) is 3.21. The lowest BCUT2D eigenvalue weighted by molar-refractivity contribution is 0.309. The van der Waals surface area contributed by atoms with Crippen molar-refractivity contribution in [2.45, 2.75) is 19.8 Å². The highest BCUT2D eigenvalue weighted by molar-refractivity contribution is 5.48. The summed E-state index contributed by atoms with van der Waals surface area (Å²) in [6.45, 7) is 8.62. The highest BCUT2D eigenvalue weighted by Gasteiger charge is 2.11. The molecule has 0 N–H and O–H groups in total. The van der Waals surface area contributed by atoms with Gasteiger partial charge >= 0.3 is 0 Å². The molecule has 1 rings (SSSR count). The van der Waals surface area contributed by atoms with E-state index in [0.29, 0.717) is 6.61 Å². The molecule has 0 aliphatic carbocycles. The zero-order valence-corrected chi connectivity index (χ0v) is 9.04. The molecule has 0 fully saturated rings. The van der Waals surface area contributed by atoms with Gasteiger partial charge in [0.25, 0.3) is 0 Å². The summed E-state index contributed by atoms with van der Waals surface area (Å²) in [6, 6.07) is 5.89. The minimum atomic E-state index is 0.199. The topological polar surface area (TPSA) is 18.5 Å². The molecule has 0 aromatic heterocycles. The second kappa shape index (κ2) is 4.89. The van der Waals surface area contributed by atoms with Crippen LogP contribution in [0.5, 0.6) is 11.5 Å². The lowest BCUT2D eigenvalue weighted by atomic mass is 10.0. The summed E-state index contributed by atoms with van der Waals surface area (Å²) in [5, 5.41) is 0. The van der Waals surface area contributed by atoms with Crippen LogP contribution in [0.4, 0.5) is 0 Å². The van der Waals surface area contributed by atoms with E-state index in [1.165, 1.54) is 0 Å². The first-order valence-corrected chi connectivity index (χ1v) is 4.83. The predicted octanol–water partition coefficient (Wildman–Crippen LogP) is 3.03. The Hall–Kier alpha value is -1.18. The normalized spacial score (nSPS) is 10.4. The zero-order chi connectivity index (χ0) is 10.6. The van der Waals surface area contributed by atoms with E-state index in [-0.39, 0.29) is 5.92 Å². The smallest absolute Gasteiger partial charge is 0.164 e. The van der Waals surface area contributed by atoms with Gasteiger partial charge in [0.2, 0.25) is 0 Å². The van der Waals surface area contributed by atoms with Crippen LogP contribution >= 0.6 is 0 Å². The van der Waals surface area contributed by atoms with E-state index in [9.17, 15) is 0 Å². The number of rotatable bonds is 4. The predicted molar refractivity (Wildman–Crippen MR) is 57.9 cm³/mol. The van der Waals surface area contributed by atoms with Crippen molar-refractivity contribution in [1.82, 2.24) is 0 Å². The molecule has 0 saturated heterocycles. The molecule has 14 heavy (non-hydrogen) atoms. The molecule has 1 unspecified atom stereocenters. The molecule has 0 amide bonds. The molecule has 0 bridgehead atoms. The van der Waals surface area contributed by atoms with Crippen molar-refractivity contribution in [3.63, 3.8) is 0 Å². The maximum atomic E-state index is 5.47. The monoisotopic (exact) mass is 193 g/mol. The van der Waals surface area contributed by atoms with Gasteiger partial charge in [-0.15, -0.1) is 0 Å². The summed E-state index contributed by atoms with van der Waals surface area (Å²) < 4.78 is 10.8. The number of hydrogen-bond donors (Lipinski definition) is 0. The van der Waals surface area contributed by atoms with E-state index >= 15 is 0 Å². The van der Waals surface area contributed by atoms with Gasteiger partial charge in [0.1, 0.15) is 0 Å². The SMILES string of the molecule is [CH2]C(C)c1cccc(OCC)c1OC. The zero-order valence-electron chi connectivity index (χ0n) is 9.04. The fraction of sp³-hybridized carbons (Fsp3) is 0.417. The Morgan fingerprint density at radius 2 is 2.14 bits per heavy atom. The first-order valence-electron chi connectivity index (χ1n) is 4.83. The van der Waals surface area contributed by atoms with E-state index < -0.39 is 0 Å². The lowest BCUT2D eigenvalue weighted by Gasteiger charge is -2.15. The molecule has 0 heterocycles. The number of hydrogen-bond acceptors (Lipinski definition) is 2. The molecule has 1 aromatic rings. The van der Waals surface area contributed by atoms with E-state index in [4.69, 9.17) is 9.47 Å². The Morgan fingerprint density at radius 3 is 2.64 bits per heavy atom. The number of methoxy groups -OCH3 is 1. The van der Waals surface area contributed by atoms with Gasteiger partial charge < -0.3 is 9.47 Å². The molecule has 1 radical (unpaired) electrons. The van der Waals surface area contributed by atoms with Crippen molar-refractivity contribution in [3.8, 4) is 11.5 Å². The highest BCUT2D eigenvalue weighted by Crippen LogP contribution is 2.34. The average Bonchev–Trinajstić information content (AvgIpc) is 2.18. The first kappa shape index (κ1) is 10.9. The summed E-state index contributed by atoms with van der Waals surface area (Å²) in [4.78, 5) is 0. The highest BCUT2D eigenvalue weighted by atomic mass is 16.5. The van der Waals surface area contributed by atoms with Crippen LogP contribution in [0.1, 0.15) is 25.3 Å². The third kappa shape index (κ3) is 2.19. The van der Waals surface area contributed by atoms with Crippen molar-refractivity contribution in [2.24, 2.45) is 0 Å². The summed E-state index contributed by atoms with van der Waals surface area (Å²) in [7, 11) is 1.66. The molecule has 1 aromatic carbocycles. The number of para-hydroxylation sites is 1. The van der Waals surface area contributed by atoms with Crippen molar-refractivity contribution in [2.75, 3.05) is 13.7 Å². The van der Waals surface area contributed by atoms with Gasteiger partial charge in [-0.05, 0) is 25.8 Å². The van der Waals surface area contributed by atoms with Crippen LogP contribution in [-0.2, 0) is 0 Å². The standard InChI is InChI=1S/C12H17O2/c1-5-14-11-8-6-7-10(9(2)3)12(11)13-4/h6-9H,2,5H2,1,3-4H3. The Balaban J connectivity index is 3.11. The Labute approximate surface area is 85.8 Å². The summed E-state index contributed by atoms with van der Waals surface area (Å²) in [5.74, 6) is 1.80. The first-order chi connectivity index (χ1) is 6.70. The lowest BCUT2D eigenvalue weighted by Crippen LogP contribution is -1.99. The molecular formula is C12H17O2. The minimum absolute atomic E-state index is 0.199. The summed E-state index contributed by atoms with van der Waals surface area (Å²) in [5.41, 5.74) is 1.08. The Kier molecular flexibility index (Phi) is 3.81. The van der Waals surface area contributed by atoms with Crippen LogP contribution in [0, 0.1) is 6.92 Å². The second-order valence-electron chi connectivity index (χ2n) is 3.21.